The van der Waals surface area contributed by atoms with Gasteiger partial charge in [-0.1, -0.05) is 26.0 Å². The highest BCUT2D eigenvalue weighted by molar-refractivity contribution is 5.92. The molecule has 0 amide bonds. The quantitative estimate of drug-likeness (QED) is 0.670. The molecule has 4 rings (SSSR count). The van der Waals surface area contributed by atoms with Gasteiger partial charge in [0.1, 0.15) is 5.78 Å². The Bertz CT molecular complexity index is 613. The predicted molar refractivity (Wildman–Crippen MR) is 86.2 cm³/mol. The molecule has 0 unspecified atom stereocenters. The molecule has 0 bridgehead atoms. The Kier molecular flexibility index (Phi) is 2.90. The topological polar surface area (TPSA) is 34.1 Å². The van der Waals surface area contributed by atoms with Crippen molar-refractivity contribution >= 4 is 11.6 Å². The average Bonchev–Trinajstić information content (AvgIpc) is 2.77. The Morgan fingerprint density at radius 3 is 2.55 bits per heavy atom. The third-order valence-electron chi connectivity index (χ3n) is 7.64. The Labute approximate surface area is 133 Å². The minimum atomic E-state index is -0.0799. The molecule has 0 aromatic rings. The third-order valence-corrected chi connectivity index (χ3v) is 7.64. The van der Waals surface area contributed by atoms with E-state index in [2.05, 4.69) is 20.4 Å². The van der Waals surface area contributed by atoms with Crippen molar-refractivity contribution in [3.8, 4) is 0 Å². The zero-order chi connectivity index (χ0) is 15.7. The Balaban J connectivity index is 1.76. The number of carbonyl (C=O) groups excluding carboxylic acids is 2. The van der Waals surface area contributed by atoms with Crippen LogP contribution >= 0.6 is 0 Å². The smallest absolute Gasteiger partial charge is 0.156 e. The summed E-state index contributed by atoms with van der Waals surface area (Å²) in [6.07, 6.45) is 8.54. The molecule has 0 aliphatic heterocycles. The van der Waals surface area contributed by atoms with E-state index in [-0.39, 0.29) is 16.6 Å². The van der Waals surface area contributed by atoms with Gasteiger partial charge in [-0.3, -0.25) is 9.59 Å². The highest BCUT2D eigenvalue weighted by atomic mass is 16.1. The van der Waals surface area contributed by atoms with Crippen LogP contribution in [0.3, 0.4) is 0 Å². The van der Waals surface area contributed by atoms with Gasteiger partial charge in [0.2, 0.25) is 0 Å². The van der Waals surface area contributed by atoms with E-state index in [1.807, 2.05) is 6.08 Å². The molecule has 4 aliphatic carbocycles. The standard InChI is InChI=1S/C20H26O2/c1-12-10-14-15-4-5-18(22)20(15,3)9-7-16(14)19(2)8-6-13(21)11-17(12)19/h11,14-16H,1,4-10H2,2-3H3/t14-,15-,16+,19+,20-/m0/s1. The van der Waals surface area contributed by atoms with Crippen LogP contribution in [0, 0.1) is 28.6 Å². The Morgan fingerprint density at radius 1 is 1.05 bits per heavy atom. The molecule has 118 valence electrons. The SMILES string of the molecule is C=C1C[C@@H]2[C@@H](CC[C@]3(C)C(=O)CC[C@@H]23)[C@@]2(C)CCC(=O)C=C12. The molecule has 22 heavy (non-hydrogen) atoms. The summed E-state index contributed by atoms with van der Waals surface area (Å²) in [5.41, 5.74) is 2.43. The molecule has 0 aromatic carbocycles. The van der Waals surface area contributed by atoms with E-state index >= 15 is 0 Å². The molecule has 2 heteroatoms. The minimum Gasteiger partial charge on any atom is -0.299 e. The molecule has 3 fully saturated rings. The fourth-order valence-corrected chi connectivity index (χ4v) is 6.34. The summed E-state index contributed by atoms with van der Waals surface area (Å²) in [5, 5.41) is 0. The second kappa shape index (κ2) is 4.43. The summed E-state index contributed by atoms with van der Waals surface area (Å²) in [7, 11) is 0. The summed E-state index contributed by atoms with van der Waals surface area (Å²) in [6.45, 7) is 8.89. The highest BCUT2D eigenvalue weighted by Gasteiger charge is 2.59. The molecule has 0 spiro atoms. The number of ketones is 2. The van der Waals surface area contributed by atoms with Crippen LogP contribution in [0.4, 0.5) is 0 Å². The van der Waals surface area contributed by atoms with E-state index in [4.69, 9.17) is 0 Å². The molecule has 3 saturated carbocycles. The van der Waals surface area contributed by atoms with Crippen LogP contribution in [0.2, 0.25) is 0 Å². The van der Waals surface area contributed by atoms with Gasteiger partial charge >= 0.3 is 0 Å². The molecule has 0 N–H and O–H groups in total. The highest BCUT2D eigenvalue weighted by Crippen LogP contribution is 2.65. The van der Waals surface area contributed by atoms with Crippen molar-refractivity contribution in [2.45, 2.75) is 58.8 Å². The predicted octanol–water partition coefficient (Wildman–Crippen LogP) is 4.25. The second-order valence-electron chi connectivity index (χ2n) is 8.54. The number of rotatable bonds is 0. The number of Topliss-reactive ketones (excluding diaryl/α,β-unsaturated/α-hetero) is 1. The number of hydrogen-bond acceptors (Lipinski definition) is 2. The summed E-state index contributed by atoms with van der Waals surface area (Å²) in [4.78, 5) is 24.3. The fraction of sp³-hybridized carbons (Fsp3) is 0.700. The molecule has 0 aromatic heterocycles. The van der Waals surface area contributed by atoms with Crippen LogP contribution in [0.1, 0.15) is 58.8 Å². The van der Waals surface area contributed by atoms with Crippen LogP contribution in [0.5, 0.6) is 0 Å². The Morgan fingerprint density at radius 2 is 1.77 bits per heavy atom. The van der Waals surface area contributed by atoms with Gasteiger partial charge in [0.25, 0.3) is 0 Å². The van der Waals surface area contributed by atoms with E-state index < -0.39 is 0 Å². The fourth-order valence-electron chi connectivity index (χ4n) is 6.34. The van der Waals surface area contributed by atoms with Crippen LogP contribution in [0.15, 0.2) is 23.8 Å². The van der Waals surface area contributed by atoms with Gasteiger partial charge in [-0.15, -0.1) is 0 Å². The molecular weight excluding hydrogens is 272 g/mol. The molecule has 2 nitrogen and oxygen atoms in total. The van der Waals surface area contributed by atoms with Crippen molar-refractivity contribution in [2.75, 3.05) is 0 Å². The summed E-state index contributed by atoms with van der Waals surface area (Å²) in [5.74, 6) is 2.51. The average molecular weight is 298 g/mol. The monoisotopic (exact) mass is 298 g/mol. The van der Waals surface area contributed by atoms with Gasteiger partial charge in [0, 0.05) is 18.3 Å². The van der Waals surface area contributed by atoms with Gasteiger partial charge in [0.15, 0.2) is 5.78 Å². The van der Waals surface area contributed by atoms with E-state index in [1.54, 1.807) is 0 Å². The first-order chi connectivity index (χ1) is 10.4. The van der Waals surface area contributed by atoms with Crippen molar-refractivity contribution in [3.05, 3.63) is 23.8 Å². The maximum atomic E-state index is 12.4. The number of hydrogen-bond donors (Lipinski definition) is 0. The van der Waals surface area contributed by atoms with Crippen molar-refractivity contribution < 1.29 is 9.59 Å². The number of allylic oxidation sites excluding steroid dienone is 2. The molecule has 0 saturated heterocycles. The van der Waals surface area contributed by atoms with E-state index in [1.165, 1.54) is 11.1 Å². The van der Waals surface area contributed by atoms with Gasteiger partial charge in [-0.2, -0.15) is 0 Å². The first-order valence-corrected chi connectivity index (χ1v) is 8.83. The van der Waals surface area contributed by atoms with Crippen LogP contribution in [0.25, 0.3) is 0 Å². The molecule has 4 aliphatic rings. The van der Waals surface area contributed by atoms with E-state index in [0.29, 0.717) is 30.0 Å². The van der Waals surface area contributed by atoms with Crippen molar-refractivity contribution in [2.24, 2.45) is 28.6 Å². The lowest BCUT2D eigenvalue weighted by molar-refractivity contribution is -0.132. The van der Waals surface area contributed by atoms with Crippen LogP contribution in [-0.4, -0.2) is 11.6 Å². The molecule has 0 radical (unpaired) electrons. The first-order valence-electron chi connectivity index (χ1n) is 8.83. The van der Waals surface area contributed by atoms with Gasteiger partial charge in [0.05, 0.1) is 0 Å². The minimum absolute atomic E-state index is 0.0799. The van der Waals surface area contributed by atoms with Gasteiger partial charge < -0.3 is 0 Å². The summed E-state index contributed by atoms with van der Waals surface area (Å²) >= 11 is 0. The zero-order valence-corrected chi connectivity index (χ0v) is 13.8. The van der Waals surface area contributed by atoms with Crippen LogP contribution < -0.4 is 0 Å². The number of fused-ring (bicyclic) bond motifs is 5. The van der Waals surface area contributed by atoms with Gasteiger partial charge in [-0.25, -0.2) is 0 Å². The van der Waals surface area contributed by atoms with E-state index in [0.717, 1.165) is 38.5 Å². The normalized spacial score (nSPS) is 47.6. The van der Waals surface area contributed by atoms with Gasteiger partial charge in [-0.05, 0) is 66.9 Å². The third kappa shape index (κ3) is 1.67. The van der Waals surface area contributed by atoms with E-state index in [9.17, 15) is 9.59 Å². The Hall–Kier alpha value is -1.18. The maximum Gasteiger partial charge on any atom is 0.156 e. The lowest BCUT2D eigenvalue weighted by atomic mass is 9.47. The van der Waals surface area contributed by atoms with Crippen LogP contribution in [-0.2, 0) is 9.59 Å². The number of carbonyl (C=O) groups is 2. The molecule has 5 atom stereocenters. The lowest BCUT2D eigenvalue weighted by Crippen LogP contribution is -2.51. The van der Waals surface area contributed by atoms with Crippen molar-refractivity contribution in [3.63, 3.8) is 0 Å². The first kappa shape index (κ1) is 14.4. The second-order valence-corrected chi connectivity index (χ2v) is 8.54. The molecule has 0 heterocycles. The lowest BCUT2D eigenvalue weighted by Gasteiger charge is -2.57. The van der Waals surface area contributed by atoms with Crippen molar-refractivity contribution in [1.82, 2.24) is 0 Å². The zero-order valence-electron chi connectivity index (χ0n) is 13.8. The summed E-state index contributed by atoms with van der Waals surface area (Å²) in [6, 6.07) is 0. The molecular formula is C20H26O2. The maximum absolute atomic E-state index is 12.4. The summed E-state index contributed by atoms with van der Waals surface area (Å²) < 4.78 is 0. The largest absolute Gasteiger partial charge is 0.299 e. The van der Waals surface area contributed by atoms with Crippen molar-refractivity contribution in [1.29, 1.82) is 0 Å².